The first-order chi connectivity index (χ1) is 8.72. The van der Waals surface area contributed by atoms with Crippen LogP contribution < -0.4 is 10.1 Å². The molecule has 0 aliphatic heterocycles. The van der Waals surface area contributed by atoms with Crippen LogP contribution in [0, 0.1) is 5.41 Å². The van der Waals surface area contributed by atoms with E-state index in [-0.39, 0.29) is 0 Å². The molecular formula is C16H23NO. The normalized spacial score (nSPS) is 22.6. The van der Waals surface area contributed by atoms with E-state index in [2.05, 4.69) is 30.4 Å². The van der Waals surface area contributed by atoms with E-state index in [4.69, 9.17) is 4.74 Å². The number of hydrogen-bond donors (Lipinski definition) is 1. The quantitative estimate of drug-likeness (QED) is 0.860. The summed E-state index contributed by atoms with van der Waals surface area (Å²) in [5.74, 6) is 0.986. The number of hydrogen-bond acceptors (Lipinski definition) is 2. The Hall–Kier alpha value is -1.02. The molecule has 2 nitrogen and oxygen atoms in total. The molecule has 0 amide bonds. The summed E-state index contributed by atoms with van der Waals surface area (Å²) in [5.41, 5.74) is 2.54. The Morgan fingerprint density at radius 3 is 2.67 bits per heavy atom. The molecule has 1 spiro atoms. The van der Waals surface area contributed by atoms with Crippen molar-refractivity contribution < 1.29 is 4.74 Å². The zero-order chi connectivity index (χ0) is 12.6. The summed E-state index contributed by atoms with van der Waals surface area (Å²) in [7, 11) is 1.75. The first-order valence-corrected chi connectivity index (χ1v) is 7.07. The zero-order valence-electron chi connectivity index (χ0n) is 11.5. The summed E-state index contributed by atoms with van der Waals surface area (Å²) in [6.07, 6.45) is 5.62. The maximum absolute atomic E-state index is 5.37. The van der Waals surface area contributed by atoms with Crippen LogP contribution in [0.2, 0.25) is 0 Å². The molecule has 0 heterocycles. The van der Waals surface area contributed by atoms with Gasteiger partial charge in [0.15, 0.2) is 0 Å². The van der Waals surface area contributed by atoms with Crippen LogP contribution >= 0.6 is 0 Å². The van der Waals surface area contributed by atoms with Crippen molar-refractivity contribution in [2.75, 3.05) is 20.2 Å². The molecule has 1 N–H and O–H groups in total. The second-order valence-corrected chi connectivity index (χ2v) is 6.15. The van der Waals surface area contributed by atoms with Crippen molar-refractivity contribution in [2.45, 2.75) is 38.0 Å². The van der Waals surface area contributed by atoms with Crippen molar-refractivity contribution in [2.24, 2.45) is 5.41 Å². The second kappa shape index (κ2) is 4.27. The molecule has 0 aromatic heterocycles. The van der Waals surface area contributed by atoms with Gasteiger partial charge in [0.05, 0.1) is 7.11 Å². The average molecular weight is 245 g/mol. The Morgan fingerprint density at radius 1 is 1.28 bits per heavy atom. The van der Waals surface area contributed by atoms with Gasteiger partial charge >= 0.3 is 0 Å². The molecule has 0 unspecified atom stereocenters. The molecule has 0 saturated heterocycles. The van der Waals surface area contributed by atoms with Gasteiger partial charge in [0, 0.05) is 12.0 Å². The number of nitrogens with one attached hydrogen (secondary N) is 1. The van der Waals surface area contributed by atoms with Gasteiger partial charge in [-0.05, 0) is 55.3 Å². The zero-order valence-corrected chi connectivity index (χ0v) is 11.5. The van der Waals surface area contributed by atoms with E-state index in [1.165, 1.54) is 31.2 Å². The van der Waals surface area contributed by atoms with E-state index in [1.807, 2.05) is 6.07 Å². The molecule has 0 atom stereocenters. The maximum atomic E-state index is 5.37. The molecule has 2 fully saturated rings. The van der Waals surface area contributed by atoms with Crippen LogP contribution in [-0.4, -0.2) is 20.2 Å². The lowest BCUT2D eigenvalue weighted by molar-refractivity contribution is 0.116. The van der Waals surface area contributed by atoms with Crippen LogP contribution in [0.25, 0.3) is 0 Å². The topological polar surface area (TPSA) is 21.3 Å². The van der Waals surface area contributed by atoms with Crippen molar-refractivity contribution >= 4 is 0 Å². The molecule has 2 saturated carbocycles. The maximum Gasteiger partial charge on any atom is 0.119 e. The SMILES string of the molecule is CCNCC1(c2cccc(OC)c2)CC2(CC2)C1. The predicted molar refractivity (Wildman–Crippen MR) is 74.1 cm³/mol. The van der Waals surface area contributed by atoms with E-state index < -0.39 is 0 Å². The first kappa shape index (κ1) is 12.0. The van der Waals surface area contributed by atoms with Crippen molar-refractivity contribution in [3.63, 3.8) is 0 Å². The van der Waals surface area contributed by atoms with Crippen LogP contribution in [-0.2, 0) is 5.41 Å². The van der Waals surface area contributed by atoms with E-state index in [0.717, 1.165) is 24.3 Å². The third-order valence-electron chi connectivity index (χ3n) is 4.78. The molecule has 3 rings (SSSR count). The van der Waals surface area contributed by atoms with Crippen molar-refractivity contribution in [1.29, 1.82) is 0 Å². The monoisotopic (exact) mass is 245 g/mol. The highest BCUT2D eigenvalue weighted by Gasteiger charge is 2.60. The fourth-order valence-electron chi connectivity index (χ4n) is 3.66. The standard InChI is InChI=1S/C16H23NO/c1-3-17-12-16(10-15(11-16)7-8-15)13-5-4-6-14(9-13)18-2/h4-6,9,17H,3,7-8,10-12H2,1-2H3. The van der Waals surface area contributed by atoms with Gasteiger partial charge < -0.3 is 10.1 Å². The van der Waals surface area contributed by atoms with Gasteiger partial charge in [-0.3, -0.25) is 0 Å². The lowest BCUT2D eigenvalue weighted by atomic mass is 9.56. The molecule has 1 aromatic carbocycles. The third kappa shape index (κ3) is 1.93. The highest BCUT2D eigenvalue weighted by molar-refractivity contribution is 5.38. The Balaban J connectivity index is 1.83. The fraction of sp³-hybridized carbons (Fsp3) is 0.625. The number of likely N-dealkylation sites (N-methyl/N-ethyl adjacent to an activating group) is 1. The smallest absolute Gasteiger partial charge is 0.119 e. The lowest BCUT2D eigenvalue weighted by Gasteiger charge is -2.49. The first-order valence-electron chi connectivity index (χ1n) is 7.07. The van der Waals surface area contributed by atoms with E-state index in [9.17, 15) is 0 Å². The minimum Gasteiger partial charge on any atom is -0.497 e. The highest BCUT2D eigenvalue weighted by atomic mass is 16.5. The fourth-order valence-corrected chi connectivity index (χ4v) is 3.66. The summed E-state index contributed by atoms with van der Waals surface area (Å²) < 4.78 is 5.37. The van der Waals surface area contributed by atoms with Gasteiger partial charge in [0.1, 0.15) is 5.75 Å². The Kier molecular flexibility index (Phi) is 2.86. The average Bonchev–Trinajstić information content (AvgIpc) is 3.15. The van der Waals surface area contributed by atoms with Crippen molar-refractivity contribution in [3.8, 4) is 5.75 Å². The Labute approximate surface area is 110 Å². The van der Waals surface area contributed by atoms with Crippen LogP contribution in [0.3, 0.4) is 0 Å². The van der Waals surface area contributed by atoms with Crippen molar-refractivity contribution in [3.05, 3.63) is 29.8 Å². The van der Waals surface area contributed by atoms with Gasteiger partial charge in [-0.1, -0.05) is 19.1 Å². The number of ether oxygens (including phenoxy) is 1. The molecule has 2 heteroatoms. The summed E-state index contributed by atoms with van der Waals surface area (Å²) in [5, 5.41) is 3.55. The van der Waals surface area contributed by atoms with Crippen LogP contribution in [0.4, 0.5) is 0 Å². The van der Waals surface area contributed by atoms with Gasteiger partial charge in [-0.15, -0.1) is 0 Å². The predicted octanol–water partition coefficient (Wildman–Crippen LogP) is 3.12. The largest absolute Gasteiger partial charge is 0.497 e. The summed E-state index contributed by atoms with van der Waals surface area (Å²) in [6, 6.07) is 8.66. The number of methoxy groups -OCH3 is 1. The van der Waals surface area contributed by atoms with Crippen LogP contribution in [0.15, 0.2) is 24.3 Å². The number of benzene rings is 1. The molecule has 2 aliphatic carbocycles. The molecule has 2 aliphatic rings. The highest BCUT2D eigenvalue weighted by Crippen LogP contribution is 2.68. The molecule has 0 radical (unpaired) electrons. The Bertz CT molecular complexity index is 428. The molecule has 0 bridgehead atoms. The second-order valence-electron chi connectivity index (χ2n) is 6.15. The lowest BCUT2D eigenvalue weighted by Crippen LogP contribution is -2.49. The van der Waals surface area contributed by atoms with E-state index in [1.54, 1.807) is 7.11 Å². The van der Waals surface area contributed by atoms with Crippen molar-refractivity contribution in [1.82, 2.24) is 5.32 Å². The summed E-state index contributed by atoms with van der Waals surface area (Å²) >= 11 is 0. The Morgan fingerprint density at radius 2 is 2.06 bits per heavy atom. The number of rotatable bonds is 5. The van der Waals surface area contributed by atoms with Crippen LogP contribution in [0.1, 0.15) is 38.2 Å². The van der Waals surface area contributed by atoms with Crippen LogP contribution in [0.5, 0.6) is 5.75 Å². The van der Waals surface area contributed by atoms with Gasteiger partial charge in [0.2, 0.25) is 0 Å². The van der Waals surface area contributed by atoms with Gasteiger partial charge in [-0.2, -0.15) is 0 Å². The molecular weight excluding hydrogens is 222 g/mol. The minimum absolute atomic E-state index is 0.362. The third-order valence-corrected chi connectivity index (χ3v) is 4.78. The summed E-state index contributed by atoms with van der Waals surface area (Å²) in [4.78, 5) is 0. The van der Waals surface area contributed by atoms with E-state index in [0.29, 0.717) is 5.41 Å². The van der Waals surface area contributed by atoms with E-state index >= 15 is 0 Å². The molecule has 18 heavy (non-hydrogen) atoms. The molecule has 1 aromatic rings. The molecule has 98 valence electrons. The minimum atomic E-state index is 0.362. The van der Waals surface area contributed by atoms with Gasteiger partial charge in [-0.25, -0.2) is 0 Å². The summed E-state index contributed by atoms with van der Waals surface area (Å²) in [6.45, 7) is 4.35. The van der Waals surface area contributed by atoms with Gasteiger partial charge in [0.25, 0.3) is 0 Å².